The third kappa shape index (κ3) is 7.10. The molecule has 2 aromatic rings. The van der Waals surface area contributed by atoms with Crippen molar-refractivity contribution in [2.24, 2.45) is 0 Å². The number of carbonyl (C=O) groups excluding carboxylic acids is 1. The van der Waals surface area contributed by atoms with Crippen LogP contribution in [0.15, 0.2) is 60.7 Å². The molecule has 0 aliphatic rings. The number of benzene rings is 2. The van der Waals surface area contributed by atoms with E-state index in [1.807, 2.05) is 24.3 Å². The molecule has 0 saturated heterocycles. The molecule has 0 radical (unpaired) electrons. The van der Waals surface area contributed by atoms with Gasteiger partial charge in [-0.1, -0.05) is 60.7 Å². The van der Waals surface area contributed by atoms with Crippen LogP contribution in [0.5, 0.6) is 0 Å². The molecule has 1 unspecified atom stereocenters. The lowest BCUT2D eigenvalue weighted by molar-refractivity contribution is -0.121. The summed E-state index contributed by atoms with van der Waals surface area (Å²) < 4.78 is 0. The van der Waals surface area contributed by atoms with E-state index >= 15 is 0 Å². The minimum absolute atomic E-state index is 0.125. The summed E-state index contributed by atoms with van der Waals surface area (Å²) in [5, 5.41) is 3.14. The van der Waals surface area contributed by atoms with E-state index in [0.717, 1.165) is 19.5 Å². The largest absolute Gasteiger partial charge is 0.352 e. The zero-order valence-corrected chi connectivity index (χ0v) is 15.6. The molecule has 134 valence electrons. The van der Waals surface area contributed by atoms with Crippen molar-refractivity contribution in [3.63, 3.8) is 0 Å². The van der Waals surface area contributed by atoms with Crippen LogP contribution in [0.4, 0.5) is 0 Å². The van der Waals surface area contributed by atoms with Crippen molar-refractivity contribution in [1.29, 1.82) is 0 Å². The Bertz CT molecular complexity index is 625. The van der Waals surface area contributed by atoms with Gasteiger partial charge in [-0.15, -0.1) is 0 Å². The zero-order valence-electron chi connectivity index (χ0n) is 15.6. The number of rotatable bonds is 9. The lowest BCUT2D eigenvalue weighted by Gasteiger charge is -2.29. The Labute approximate surface area is 152 Å². The lowest BCUT2D eigenvalue weighted by Crippen LogP contribution is -2.44. The van der Waals surface area contributed by atoms with E-state index in [0.29, 0.717) is 12.5 Å². The van der Waals surface area contributed by atoms with Gasteiger partial charge in [0.15, 0.2) is 0 Å². The molecule has 1 atom stereocenters. The maximum Gasteiger partial charge on any atom is 0.220 e. The highest BCUT2D eigenvalue weighted by Gasteiger charge is 2.15. The van der Waals surface area contributed by atoms with Crippen LogP contribution in [-0.2, 0) is 17.8 Å². The number of nitrogens with zero attached hydrogens (tertiary/aromatic N) is 1. The first kappa shape index (κ1) is 19.2. The Morgan fingerprint density at radius 3 is 2.04 bits per heavy atom. The minimum atomic E-state index is 0.125. The van der Waals surface area contributed by atoms with Crippen molar-refractivity contribution in [3.05, 3.63) is 71.8 Å². The second-order valence-corrected chi connectivity index (χ2v) is 6.96. The fraction of sp³-hybridized carbons (Fsp3) is 0.409. The van der Waals surface area contributed by atoms with Crippen molar-refractivity contribution in [3.8, 4) is 0 Å². The van der Waals surface area contributed by atoms with Gasteiger partial charge in [0, 0.05) is 31.6 Å². The summed E-state index contributed by atoms with van der Waals surface area (Å²) in [5.74, 6) is 0.125. The summed E-state index contributed by atoms with van der Waals surface area (Å²) >= 11 is 0. The van der Waals surface area contributed by atoms with Crippen LogP contribution in [0.3, 0.4) is 0 Å². The molecule has 0 aliphatic heterocycles. The van der Waals surface area contributed by atoms with E-state index in [2.05, 4.69) is 67.4 Å². The van der Waals surface area contributed by atoms with Crippen molar-refractivity contribution in [2.45, 2.75) is 52.2 Å². The molecule has 0 bridgehead atoms. The number of aryl methyl sites for hydroxylation is 1. The second kappa shape index (κ2) is 10.00. The Hall–Kier alpha value is -2.13. The number of hydrogen-bond donors (Lipinski definition) is 1. The lowest BCUT2D eigenvalue weighted by atomic mass is 10.1. The quantitative estimate of drug-likeness (QED) is 0.748. The highest BCUT2D eigenvalue weighted by Crippen LogP contribution is 2.09. The molecule has 0 aromatic heterocycles. The van der Waals surface area contributed by atoms with Crippen LogP contribution in [0, 0.1) is 0 Å². The van der Waals surface area contributed by atoms with E-state index < -0.39 is 0 Å². The predicted octanol–water partition coefficient (Wildman–Crippen LogP) is 4.03. The Morgan fingerprint density at radius 1 is 0.920 bits per heavy atom. The van der Waals surface area contributed by atoms with Gasteiger partial charge in [0.2, 0.25) is 5.91 Å². The number of nitrogens with one attached hydrogen (secondary N) is 1. The fourth-order valence-electron chi connectivity index (χ4n) is 2.92. The van der Waals surface area contributed by atoms with Gasteiger partial charge in [-0.2, -0.15) is 0 Å². The van der Waals surface area contributed by atoms with Crippen molar-refractivity contribution < 1.29 is 4.79 Å². The molecule has 0 saturated carbocycles. The first-order chi connectivity index (χ1) is 12.0. The predicted molar refractivity (Wildman–Crippen MR) is 104 cm³/mol. The maximum absolute atomic E-state index is 12.2. The Kier molecular flexibility index (Phi) is 7.68. The molecule has 0 heterocycles. The molecule has 2 rings (SSSR count). The standard InChI is InChI=1S/C22H30N2O/c1-18(2)24(17-21-12-8-5-9-13-21)16-19(3)23-22(25)15-14-20-10-6-4-7-11-20/h4-13,18-19H,14-17H2,1-3H3,(H,23,25). The summed E-state index contributed by atoms with van der Waals surface area (Å²) in [5.41, 5.74) is 2.51. The zero-order chi connectivity index (χ0) is 18.1. The molecule has 3 nitrogen and oxygen atoms in total. The first-order valence-electron chi connectivity index (χ1n) is 9.16. The van der Waals surface area contributed by atoms with Gasteiger partial charge in [0.05, 0.1) is 0 Å². The molecular formula is C22H30N2O. The van der Waals surface area contributed by atoms with Crippen LogP contribution >= 0.6 is 0 Å². The molecule has 0 fully saturated rings. The van der Waals surface area contributed by atoms with Gasteiger partial charge in [0.25, 0.3) is 0 Å². The number of amides is 1. The first-order valence-corrected chi connectivity index (χ1v) is 9.16. The topological polar surface area (TPSA) is 32.3 Å². The highest BCUT2D eigenvalue weighted by molar-refractivity contribution is 5.76. The fourth-order valence-corrected chi connectivity index (χ4v) is 2.92. The summed E-state index contributed by atoms with van der Waals surface area (Å²) in [6, 6.07) is 21.2. The van der Waals surface area contributed by atoms with Gasteiger partial charge in [-0.25, -0.2) is 0 Å². The van der Waals surface area contributed by atoms with Crippen LogP contribution in [-0.4, -0.2) is 29.4 Å². The average Bonchev–Trinajstić information content (AvgIpc) is 2.61. The number of hydrogen-bond acceptors (Lipinski definition) is 2. The van der Waals surface area contributed by atoms with Gasteiger partial charge < -0.3 is 5.32 Å². The molecular weight excluding hydrogens is 308 g/mol. The summed E-state index contributed by atoms with van der Waals surface area (Å²) in [4.78, 5) is 14.6. The van der Waals surface area contributed by atoms with E-state index in [9.17, 15) is 4.79 Å². The van der Waals surface area contributed by atoms with Crippen molar-refractivity contribution in [2.75, 3.05) is 6.54 Å². The van der Waals surface area contributed by atoms with Crippen LogP contribution in [0.2, 0.25) is 0 Å². The SMILES string of the molecule is CC(CN(Cc1ccccc1)C(C)C)NC(=O)CCc1ccccc1. The van der Waals surface area contributed by atoms with Crippen molar-refractivity contribution >= 4 is 5.91 Å². The maximum atomic E-state index is 12.2. The molecule has 25 heavy (non-hydrogen) atoms. The Morgan fingerprint density at radius 2 is 1.48 bits per heavy atom. The molecule has 0 spiro atoms. The van der Waals surface area contributed by atoms with Crippen molar-refractivity contribution in [1.82, 2.24) is 10.2 Å². The van der Waals surface area contributed by atoms with Gasteiger partial charge in [0.1, 0.15) is 0 Å². The molecule has 1 N–H and O–H groups in total. The smallest absolute Gasteiger partial charge is 0.220 e. The monoisotopic (exact) mass is 338 g/mol. The van der Waals surface area contributed by atoms with Gasteiger partial charge >= 0.3 is 0 Å². The third-order valence-electron chi connectivity index (χ3n) is 4.36. The van der Waals surface area contributed by atoms with E-state index in [4.69, 9.17) is 0 Å². The summed E-state index contributed by atoms with van der Waals surface area (Å²) in [7, 11) is 0. The molecule has 1 amide bonds. The molecule has 3 heteroatoms. The van der Waals surface area contributed by atoms with Crippen LogP contribution in [0.1, 0.15) is 38.3 Å². The molecule has 2 aromatic carbocycles. The van der Waals surface area contributed by atoms with E-state index in [1.54, 1.807) is 0 Å². The summed E-state index contributed by atoms with van der Waals surface area (Å²) in [6.07, 6.45) is 1.33. The number of carbonyl (C=O) groups is 1. The summed E-state index contributed by atoms with van der Waals surface area (Å²) in [6.45, 7) is 8.24. The average molecular weight is 338 g/mol. The minimum Gasteiger partial charge on any atom is -0.352 e. The van der Waals surface area contributed by atoms with E-state index in [1.165, 1.54) is 11.1 Å². The van der Waals surface area contributed by atoms with Gasteiger partial charge in [-0.3, -0.25) is 9.69 Å². The second-order valence-electron chi connectivity index (χ2n) is 6.96. The Balaban J connectivity index is 1.79. The highest BCUT2D eigenvalue weighted by atomic mass is 16.1. The van der Waals surface area contributed by atoms with E-state index in [-0.39, 0.29) is 11.9 Å². The van der Waals surface area contributed by atoms with Crippen LogP contribution in [0.25, 0.3) is 0 Å². The van der Waals surface area contributed by atoms with Gasteiger partial charge in [-0.05, 0) is 38.3 Å². The molecule has 0 aliphatic carbocycles. The third-order valence-corrected chi connectivity index (χ3v) is 4.36. The normalized spacial score (nSPS) is 12.4. The van der Waals surface area contributed by atoms with Crippen LogP contribution < -0.4 is 5.32 Å².